The van der Waals surface area contributed by atoms with Gasteiger partial charge in [0.05, 0.1) is 28.5 Å². The second kappa shape index (κ2) is 17.1. The average Bonchev–Trinajstić information content (AvgIpc) is 1.47. The molecule has 6 heteroatoms. The van der Waals surface area contributed by atoms with E-state index in [0.717, 1.165) is 17.9 Å². The van der Waals surface area contributed by atoms with Crippen molar-refractivity contribution in [1.29, 1.82) is 0 Å². The third-order valence-electron chi connectivity index (χ3n) is 25.7. The van der Waals surface area contributed by atoms with Crippen LogP contribution in [-0.2, 0) is 27.1 Å². The standard InChI is InChI=1S/C80H70N6/c1-4-19-59(53-41-65-68(84-44-53)62-22-11-35-81-71(62)77(27-9-10-28-77)75(65)25-7-8-26-75)56(16-1)50-38-51(57-17-2-5-20-60(57)54-42-66-69(85-45-54)63-23-12-36-82-72(63)78-31-14-29-76(66,78)30-15-32-78)40-52(39-50)58-18-3-6-21-61(58)55-43-67-70(86-46-55)64-24-13-37-83-73(64)80-48-74(49-80)33-34-79(67,80)47-74/h1-6,11-13,16-24,36-46,81H,7-10,14-15,25-35,47-49H2. The highest BCUT2D eigenvalue weighted by atomic mass is 14.9. The molecule has 0 radical (unpaired) electrons. The predicted octanol–water partition coefficient (Wildman–Crippen LogP) is 18.6. The second-order valence-electron chi connectivity index (χ2n) is 28.8. The molecule has 8 saturated carbocycles. The summed E-state index contributed by atoms with van der Waals surface area (Å²) in [7, 11) is 0. The summed E-state index contributed by atoms with van der Waals surface area (Å²) in [5, 5.41) is 4.00. The van der Waals surface area contributed by atoms with Gasteiger partial charge < -0.3 is 5.32 Å². The van der Waals surface area contributed by atoms with Crippen LogP contribution in [0.3, 0.4) is 0 Å². The molecule has 420 valence electrons. The molecule has 0 saturated heterocycles. The number of pyridine rings is 5. The number of aromatic nitrogens is 5. The first-order valence-corrected chi connectivity index (χ1v) is 32.9. The van der Waals surface area contributed by atoms with Gasteiger partial charge in [-0.15, -0.1) is 0 Å². The molecule has 12 aliphatic rings. The number of allylic oxidation sites excluding steroid dienone is 3. The molecule has 86 heavy (non-hydrogen) atoms. The van der Waals surface area contributed by atoms with Crippen LogP contribution in [0.1, 0.15) is 156 Å². The number of fused-ring (bicyclic) bond motifs is 11. The van der Waals surface area contributed by atoms with Crippen LogP contribution in [0.4, 0.5) is 0 Å². The summed E-state index contributed by atoms with van der Waals surface area (Å²) >= 11 is 0. The summed E-state index contributed by atoms with van der Waals surface area (Å²) in [5.41, 5.74) is 31.4. The first-order valence-electron chi connectivity index (χ1n) is 32.9. The van der Waals surface area contributed by atoms with E-state index >= 15 is 0 Å². The molecule has 1 aliphatic heterocycles. The first kappa shape index (κ1) is 49.1. The van der Waals surface area contributed by atoms with Gasteiger partial charge in [0.1, 0.15) is 0 Å². The van der Waals surface area contributed by atoms with Gasteiger partial charge in [-0.05, 0) is 216 Å². The van der Waals surface area contributed by atoms with E-state index in [2.05, 4.69) is 170 Å². The Hall–Kier alpha value is -8.09. The van der Waals surface area contributed by atoms with Crippen molar-refractivity contribution in [3.63, 3.8) is 0 Å². The zero-order chi connectivity index (χ0) is 56.2. The monoisotopic (exact) mass is 1110 g/mol. The summed E-state index contributed by atoms with van der Waals surface area (Å²) in [4.78, 5) is 27.1. The maximum absolute atomic E-state index is 5.61. The minimum atomic E-state index is 0.0648. The molecular formula is C80H70N6. The van der Waals surface area contributed by atoms with E-state index in [-0.39, 0.29) is 32.5 Å². The van der Waals surface area contributed by atoms with Crippen molar-refractivity contribution in [3.8, 4) is 89.3 Å². The Kier molecular flexibility index (Phi) is 9.77. The molecule has 1 atom stereocenters. The fourth-order valence-electron chi connectivity index (χ4n) is 22.7. The number of nitrogens with one attached hydrogen (secondary N) is 1. The maximum atomic E-state index is 5.61. The molecule has 8 fully saturated rings. The Morgan fingerprint density at radius 1 is 0.326 bits per heavy atom. The van der Waals surface area contributed by atoms with Gasteiger partial charge in [-0.1, -0.05) is 123 Å². The molecule has 4 aromatic carbocycles. The average molecular weight is 1120 g/mol. The molecule has 11 aliphatic carbocycles. The molecule has 5 spiro atoms. The largest absolute Gasteiger partial charge is 0.384 e. The van der Waals surface area contributed by atoms with Gasteiger partial charge >= 0.3 is 0 Å². The number of dihydropyridines is 1. The first-order chi connectivity index (χ1) is 42.4. The van der Waals surface area contributed by atoms with Gasteiger partial charge in [-0.3, -0.25) is 24.9 Å². The lowest BCUT2D eigenvalue weighted by molar-refractivity contribution is 0.0333. The van der Waals surface area contributed by atoms with E-state index in [0.29, 0.717) is 5.41 Å². The van der Waals surface area contributed by atoms with Crippen LogP contribution >= 0.6 is 0 Å². The molecule has 0 amide bonds. The lowest BCUT2D eigenvalue weighted by Gasteiger charge is -2.59. The zero-order valence-electron chi connectivity index (χ0n) is 49.1. The van der Waals surface area contributed by atoms with E-state index in [9.17, 15) is 0 Å². The minimum absolute atomic E-state index is 0.0648. The number of benzene rings is 4. The number of hydrogen-bond acceptors (Lipinski definition) is 6. The van der Waals surface area contributed by atoms with Crippen molar-refractivity contribution < 1.29 is 0 Å². The summed E-state index contributed by atoms with van der Waals surface area (Å²) in [5.74, 6) is 0. The molecule has 9 aromatic rings. The summed E-state index contributed by atoms with van der Waals surface area (Å²) in [6.07, 6.45) is 39.1. The summed E-state index contributed by atoms with van der Waals surface area (Å²) < 4.78 is 0. The highest BCUT2D eigenvalue weighted by Gasteiger charge is 2.80. The summed E-state index contributed by atoms with van der Waals surface area (Å²) in [6, 6.07) is 51.7. The lowest BCUT2D eigenvalue weighted by Crippen LogP contribution is -2.55. The fraction of sp³-hybridized carbons (Fsp3) is 0.338. The van der Waals surface area contributed by atoms with Gasteiger partial charge in [0, 0.05) is 109 Å². The van der Waals surface area contributed by atoms with Gasteiger partial charge in [-0.25, -0.2) is 0 Å². The molecule has 3 bridgehead atoms. The van der Waals surface area contributed by atoms with E-state index in [1.807, 2.05) is 12.4 Å². The van der Waals surface area contributed by atoms with Gasteiger partial charge in [0.15, 0.2) is 0 Å². The van der Waals surface area contributed by atoms with Crippen molar-refractivity contribution in [1.82, 2.24) is 30.2 Å². The van der Waals surface area contributed by atoms with Crippen molar-refractivity contribution in [3.05, 3.63) is 216 Å². The lowest BCUT2D eigenvalue weighted by atomic mass is 9.45. The third kappa shape index (κ3) is 5.98. The normalized spacial score (nSPS) is 28.0. The van der Waals surface area contributed by atoms with E-state index in [4.69, 9.17) is 24.9 Å². The highest BCUT2D eigenvalue weighted by Crippen LogP contribution is 2.85. The Morgan fingerprint density at radius 3 is 1.26 bits per heavy atom. The van der Waals surface area contributed by atoms with E-state index < -0.39 is 0 Å². The zero-order valence-corrected chi connectivity index (χ0v) is 49.1. The van der Waals surface area contributed by atoms with Crippen molar-refractivity contribution in [2.75, 3.05) is 6.54 Å². The third-order valence-corrected chi connectivity index (χ3v) is 25.7. The Morgan fingerprint density at radius 2 is 0.733 bits per heavy atom. The van der Waals surface area contributed by atoms with Crippen LogP contribution in [0.5, 0.6) is 0 Å². The quantitative estimate of drug-likeness (QED) is 0.179. The number of rotatable bonds is 6. The Bertz CT molecular complexity index is 4400. The van der Waals surface area contributed by atoms with Crippen LogP contribution in [0.25, 0.3) is 94.8 Å². The Balaban J connectivity index is 0.781. The van der Waals surface area contributed by atoms with E-state index in [1.165, 1.54) is 245 Å². The van der Waals surface area contributed by atoms with Crippen molar-refractivity contribution >= 4 is 5.57 Å². The fourth-order valence-corrected chi connectivity index (χ4v) is 22.7. The minimum Gasteiger partial charge on any atom is -0.384 e. The van der Waals surface area contributed by atoms with Gasteiger partial charge in [-0.2, -0.15) is 0 Å². The molecule has 21 rings (SSSR count). The van der Waals surface area contributed by atoms with Gasteiger partial charge in [0.25, 0.3) is 0 Å². The van der Waals surface area contributed by atoms with Crippen molar-refractivity contribution in [2.45, 2.75) is 149 Å². The molecule has 6 nitrogen and oxygen atoms in total. The number of nitrogens with zero attached hydrogens (tertiary/aromatic N) is 5. The molecule has 5 aromatic heterocycles. The topological polar surface area (TPSA) is 76.5 Å². The smallest absolute Gasteiger partial charge is 0.0758 e. The number of hydrogen-bond donors (Lipinski definition) is 1. The molecule has 1 unspecified atom stereocenters. The Labute approximate surface area is 504 Å². The molecular weight excluding hydrogens is 1040 g/mol. The highest BCUT2D eigenvalue weighted by molar-refractivity contribution is 5.95. The predicted molar refractivity (Wildman–Crippen MR) is 344 cm³/mol. The van der Waals surface area contributed by atoms with Crippen molar-refractivity contribution in [2.24, 2.45) is 10.8 Å². The maximum Gasteiger partial charge on any atom is 0.0758 e. The molecule has 6 heterocycles. The second-order valence-corrected chi connectivity index (χ2v) is 28.8. The van der Waals surface area contributed by atoms with Crippen LogP contribution in [0, 0.1) is 10.8 Å². The van der Waals surface area contributed by atoms with E-state index in [1.54, 1.807) is 0 Å². The van der Waals surface area contributed by atoms with Gasteiger partial charge in [0.2, 0.25) is 0 Å². The molecule has 1 N–H and O–H groups in total. The SMILES string of the molecule is C1=CC2=C(NC1)C1(CCCC1)C1(CCCC1)c1cc(-c3ccccc3-c3cc(-c4ccccc4-c4cnc5c(c4)C46CCCC4(CCC6)c4ncccc4-5)cc(-c4ccccc4-c4cnc5c(c4)C46CCC7(C4)CC6(C7)c4ncccc4-5)c3)cnc12. The summed E-state index contributed by atoms with van der Waals surface area (Å²) in [6.45, 7) is 0.908. The van der Waals surface area contributed by atoms with Crippen LogP contribution in [-0.4, -0.2) is 31.5 Å². The van der Waals surface area contributed by atoms with Crippen LogP contribution in [0.2, 0.25) is 0 Å². The van der Waals surface area contributed by atoms with Crippen LogP contribution in [0.15, 0.2) is 182 Å². The van der Waals surface area contributed by atoms with Crippen LogP contribution < -0.4 is 5.32 Å².